The van der Waals surface area contributed by atoms with Crippen molar-refractivity contribution in [2.45, 2.75) is 65.4 Å². The monoisotopic (exact) mass is 282 g/mol. The fourth-order valence-corrected chi connectivity index (χ4v) is 3.79. The lowest BCUT2D eigenvalue weighted by Crippen LogP contribution is -2.42. The van der Waals surface area contributed by atoms with Gasteiger partial charge in [0, 0.05) is 32.0 Å². The summed E-state index contributed by atoms with van der Waals surface area (Å²) in [5.74, 6) is 1.10. The van der Waals surface area contributed by atoms with Crippen molar-refractivity contribution in [2.75, 3.05) is 19.8 Å². The van der Waals surface area contributed by atoms with Crippen molar-refractivity contribution in [3.05, 3.63) is 0 Å². The molecule has 2 heterocycles. The standard InChI is InChI=1S/C17H30O3/c1-13(10-16(2,3)4)9-15(18)14-5-7-20-17(11-14)6-8-19-12-17/h13-14H,5-12H2,1-4H3. The largest absolute Gasteiger partial charge is 0.378 e. The normalized spacial score (nSPS) is 32.5. The maximum Gasteiger partial charge on any atom is 0.136 e. The minimum absolute atomic E-state index is 0.147. The Morgan fingerprint density at radius 3 is 2.70 bits per heavy atom. The van der Waals surface area contributed by atoms with Crippen molar-refractivity contribution in [2.24, 2.45) is 17.3 Å². The Bertz CT molecular complexity index is 337. The predicted molar refractivity (Wildman–Crippen MR) is 79.7 cm³/mol. The zero-order chi connectivity index (χ0) is 14.8. The molecule has 0 radical (unpaired) electrons. The summed E-state index contributed by atoms with van der Waals surface area (Å²) in [7, 11) is 0. The van der Waals surface area contributed by atoms with Gasteiger partial charge >= 0.3 is 0 Å². The lowest BCUT2D eigenvalue weighted by Gasteiger charge is -2.37. The van der Waals surface area contributed by atoms with Gasteiger partial charge in [0.1, 0.15) is 5.78 Å². The summed E-state index contributed by atoms with van der Waals surface area (Å²) in [5, 5.41) is 0. The number of rotatable bonds is 4. The smallest absolute Gasteiger partial charge is 0.136 e. The van der Waals surface area contributed by atoms with Crippen LogP contribution in [0.4, 0.5) is 0 Å². The van der Waals surface area contributed by atoms with Gasteiger partial charge in [0.2, 0.25) is 0 Å². The van der Waals surface area contributed by atoms with Gasteiger partial charge in [0.05, 0.1) is 12.2 Å². The first-order valence-corrected chi connectivity index (χ1v) is 8.04. The van der Waals surface area contributed by atoms with Crippen LogP contribution in [0.5, 0.6) is 0 Å². The summed E-state index contributed by atoms with van der Waals surface area (Å²) in [5.41, 5.74) is 0.154. The molecule has 2 fully saturated rings. The molecule has 2 aliphatic rings. The second-order valence-corrected chi connectivity index (χ2v) is 8.06. The van der Waals surface area contributed by atoms with E-state index in [-0.39, 0.29) is 11.5 Å². The third-order valence-corrected chi connectivity index (χ3v) is 4.53. The second kappa shape index (κ2) is 6.15. The molecule has 0 aromatic rings. The van der Waals surface area contributed by atoms with Crippen LogP contribution in [0.1, 0.15) is 59.8 Å². The van der Waals surface area contributed by atoms with Gasteiger partial charge in [-0.1, -0.05) is 27.7 Å². The zero-order valence-electron chi connectivity index (χ0n) is 13.5. The second-order valence-electron chi connectivity index (χ2n) is 8.06. The maximum atomic E-state index is 12.5. The minimum atomic E-state index is -0.147. The summed E-state index contributed by atoms with van der Waals surface area (Å²) in [4.78, 5) is 12.5. The van der Waals surface area contributed by atoms with E-state index >= 15 is 0 Å². The fraction of sp³-hybridized carbons (Fsp3) is 0.941. The molecule has 0 saturated carbocycles. The summed E-state index contributed by atoms with van der Waals surface area (Å²) in [6, 6.07) is 0. The molecule has 0 aromatic heterocycles. The molecule has 0 aromatic carbocycles. The van der Waals surface area contributed by atoms with Gasteiger partial charge in [-0.05, 0) is 30.6 Å². The van der Waals surface area contributed by atoms with E-state index in [9.17, 15) is 4.79 Å². The molecule has 2 aliphatic heterocycles. The number of hydrogen-bond donors (Lipinski definition) is 0. The van der Waals surface area contributed by atoms with E-state index in [0.717, 1.165) is 38.7 Å². The number of carbonyl (C=O) groups excluding carboxylic acids is 1. The third kappa shape index (κ3) is 4.29. The van der Waals surface area contributed by atoms with Crippen molar-refractivity contribution in [1.29, 1.82) is 0 Å². The lowest BCUT2D eigenvalue weighted by molar-refractivity contribution is -0.138. The minimum Gasteiger partial charge on any atom is -0.378 e. The fourth-order valence-electron chi connectivity index (χ4n) is 3.79. The van der Waals surface area contributed by atoms with E-state index in [2.05, 4.69) is 27.7 Å². The van der Waals surface area contributed by atoms with Crippen LogP contribution in [0.3, 0.4) is 0 Å². The van der Waals surface area contributed by atoms with Crippen molar-refractivity contribution in [1.82, 2.24) is 0 Å². The first-order chi connectivity index (χ1) is 9.30. The van der Waals surface area contributed by atoms with Crippen LogP contribution in [0, 0.1) is 17.3 Å². The van der Waals surface area contributed by atoms with Crippen LogP contribution in [0.15, 0.2) is 0 Å². The van der Waals surface area contributed by atoms with Gasteiger partial charge in [-0.25, -0.2) is 0 Å². The average molecular weight is 282 g/mol. The molecule has 0 aliphatic carbocycles. The topological polar surface area (TPSA) is 35.5 Å². The number of carbonyl (C=O) groups is 1. The predicted octanol–water partition coefficient (Wildman–Crippen LogP) is 3.60. The van der Waals surface area contributed by atoms with E-state index in [4.69, 9.17) is 9.47 Å². The van der Waals surface area contributed by atoms with Gasteiger partial charge in [0.25, 0.3) is 0 Å². The highest BCUT2D eigenvalue weighted by Crippen LogP contribution is 2.37. The molecule has 0 amide bonds. The Hall–Kier alpha value is -0.410. The van der Waals surface area contributed by atoms with Crippen LogP contribution < -0.4 is 0 Å². The van der Waals surface area contributed by atoms with Gasteiger partial charge in [-0.3, -0.25) is 4.79 Å². The molecule has 3 unspecified atom stereocenters. The number of Topliss-reactive ketones (excluding diaryl/α,β-unsaturated/α-hetero) is 1. The molecule has 2 rings (SSSR count). The van der Waals surface area contributed by atoms with Crippen LogP contribution in [0.2, 0.25) is 0 Å². The molecular weight excluding hydrogens is 252 g/mol. The molecular formula is C17H30O3. The van der Waals surface area contributed by atoms with E-state index < -0.39 is 0 Å². The molecule has 2 saturated heterocycles. The third-order valence-electron chi connectivity index (χ3n) is 4.53. The van der Waals surface area contributed by atoms with Crippen LogP contribution in [-0.2, 0) is 14.3 Å². The van der Waals surface area contributed by atoms with Crippen molar-refractivity contribution < 1.29 is 14.3 Å². The maximum absolute atomic E-state index is 12.5. The highest BCUT2D eigenvalue weighted by atomic mass is 16.6. The summed E-state index contributed by atoms with van der Waals surface area (Å²) >= 11 is 0. The van der Waals surface area contributed by atoms with Gasteiger partial charge < -0.3 is 9.47 Å². The van der Waals surface area contributed by atoms with Crippen molar-refractivity contribution in [3.63, 3.8) is 0 Å². The van der Waals surface area contributed by atoms with Crippen molar-refractivity contribution in [3.8, 4) is 0 Å². The van der Waals surface area contributed by atoms with Crippen LogP contribution in [0.25, 0.3) is 0 Å². The molecule has 0 N–H and O–H groups in total. The lowest BCUT2D eigenvalue weighted by atomic mass is 9.78. The average Bonchev–Trinajstić information content (AvgIpc) is 2.74. The van der Waals surface area contributed by atoms with Gasteiger partial charge in [-0.15, -0.1) is 0 Å². The van der Waals surface area contributed by atoms with E-state index in [1.54, 1.807) is 0 Å². The summed E-state index contributed by atoms with van der Waals surface area (Å²) in [6.07, 6.45) is 4.54. The number of hydrogen-bond acceptors (Lipinski definition) is 3. The molecule has 20 heavy (non-hydrogen) atoms. The van der Waals surface area contributed by atoms with Crippen LogP contribution in [-0.4, -0.2) is 31.2 Å². The van der Waals surface area contributed by atoms with E-state index in [1.807, 2.05) is 0 Å². The Balaban J connectivity index is 1.86. The Morgan fingerprint density at radius 1 is 1.35 bits per heavy atom. The Labute approximate surface area is 123 Å². The highest BCUT2D eigenvalue weighted by Gasteiger charge is 2.42. The first-order valence-electron chi connectivity index (χ1n) is 8.04. The molecule has 3 nitrogen and oxygen atoms in total. The highest BCUT2D eigenvalue weighted by molar-refractivity contribution is 5.81. The van der Waals surface area contributed by atoms with Crippen molar-refractivity contribution >= 4 is 5.78 Å². The molecule has 0 bridgehead atoms. The zero-order valence-corrected chi connectivity index (χ0v) is 13.5. The number of ether oxygens (including phenoxy) is 2. The molecule has 1 spiro atoms. The van der Waals surface area contributed by atoms with E-state index in [1.165, 1.54) is 0 Å². The van der Waals surface area contributed by atoms with Crippen LogP contribution >= 0.6 is 0 Å². The SMILES string of the molecule is CC(CC(=O)C1CCOC2(CCOC2)C1)CC(C)(C)C. The molecule has 3 heteroatoms. The Morgan fingerprint density at radius 2 is 2.10 bits per heavy atom. The molecule has 3 atom stereocenters. The summed E-state index contributed by atoms with van der Waals surface area (Å²) < 4.78 is 11.4. The van der Waals surface area contributed by atoms with Gasteiger partial charge in [0.15, 0.2) is 0 Å². The molecule has 116 valence electrons. The number of ketones is 1. The summed E-state index contributed by atoms with van der Waals surface area (Å²) in [6.45, 7) is 11.1. The quantitative estimate of drug-likeness (QED) is 0.790. The van der Waals surface area contributed by atoms with E-state index in [0.29, 0.717) is 30.3 Å². The van der Waals surface area contributed by atoms with Gasteiger partial charge in [-0.2, -0.15) is 0 Å². The Kier molecular flexibility index (Phi) is 4.91. The first kappa shape index (κ1) is 16.0.